The molecule has 2 heterocycles. The van der Waals surface area contributed by atoms with E-state index in [0.29, 0.717) is 11.4 Å². The van der Waals surface area contributed by atoms with E-state index < -0.39 is 26.8 Å². The predicted octanol–water partition coefficient (Wildman–Crippen LogP) is 2.77. The van der Waals surface area contributed by atoms with Gasteiger partial charge in [-0.05, 0) is 30.2 Å². The third-order valence-corrected chi connectivity index (χ3v) is 7.01. The van der Waals surface area contributed by atoms with Gasteiger partial charge >= 0.3 is 6.03 Å². The molecule has 2 aliphatic heterocycles. The molecule has 2 saturated heterocycles. The first kappa shape index (κ1) is 18.4. The number of fused-ring (bicyclic) bond motifs is 1. The number of hydrogen-bond donors (Lipinski definition) is 0. The van der Waals surface area contributed by atoms with Crippen molar-refractivity contribution in [1.29, 1.82) is 0 Å². The standard InChI is InChI=1S/C19H19N3O5S/c1-2-13-6-8-14(9-7-13)20-17-11-28(26,27)12-18(17)21(19(20)23)15-4-3-5-16(10-15)22(24)25/h3-10,17-18H,2,11-12H2,1H3/t17-,18+/m1/s1. The molecule has 2 fully saturated rings. The van der Waals surface area contributed by atoms with E-state index in [-0.39, 0.29) is 23.2 Å². The zero-order chi connectivity index (χ0) is 20.1. The molecule has 0 spiro atoms. The third kappa shape index (κ3) is 3.01. The zero-order valence-electron chi connectivity index (χ0n) is 15.2. The highest BCUT2D eigenvalue weighted by Crippen LogP contribution is 2.38. The highest BCUT2D eigenvalue weighted by Gasteiger charge is 2.54. The van der Waals surface area contributed by atoms with E-state index in [1.807, 2.05) is 31.2 Å². The number of carbonyl (C=O) groups is 1. The van der Waals surface area contributed by atoms with Crippen LogP contribution in [0.4, 0.5) is 21.9 Å². The van der Waals surface area contributed by atoms with Gasteiger partial charge in [0.2, 0.25) is 0 Å². The van der Waals surface area contributed by atoms with Crippen molar-refractivity contribution in [2.75, 3.05) is 21.3 Å². The molecule has 0 N–H and O–H groups in total. The fraction of sp³-hybridized carbons (Fsp3) is 0.316. The van der Waals surface area contributed by atoms with Gasteiger partial charge in [-0.2, -0.15) is 0 Å². The number of sulfone groups is 1. The zero-order valence-corrected chi connectivity index (χ0v) is 16.0. The van der Waals surface area contributed by atoms with Gasteiger partial charge in [-0.1, -0.05) is 25.1 Å². The number of aryl methyl sites for hydroxylation is 1. The molecule has 9 heteroatoms. The van der Waals surface area contributed by atoms with Gasteiger partial charge in [0.1, 0.15) is 0 Å². The number of nitrogens with zero attached hydrogens (tertiary/aromatic N) is 3. The minimum absolute atomic E-state index is 0.121. The summed E-state index contributed by atoms with van der Waals surface area (Å²) in [4.78, 5) is 26.7. The highest BCUT2D eigenvalue weighted by atomic mass is 32.2. The van der Waals surface area contributed by atoms with E-state index in [1.165, 1.54) is 28.0 Å². The number of carbonyl (C=O) groups excluding carboxylic acids is 1. The van der Waals surface area contributed by atoms with Gasteiger partial charge in [0, 0.05) is 17.8 Å². The summed E-state index contributed by atoms with van der Waals surface area (Å²) in [7, 11) is -3.32. The van der Waals surface area contributed by atoms with E-state index in [4.69, 9.17) is 0 Å². The van der Waals surface area contributed by atoms with Crippen molar-refractivity contribution >= 4 is 32.9 Å². The quantitative estimate of drug-likeness (QED) is 0.445. The summed E-state index contributed by atoms with van der Waals surface area (Å²) in [6.45, 7) is 2.03. The summed E-state index contributed by atoms with van der Waals surface area (Å²) in [6, 6.07) is 11.7. The monoisotopic (exact) mass is 401 g/mol. The molecule has 2 aliphatic rings. The van der Waals surface area contributed by atoms with E-state index in [2.05, 4.69) is 0 Å². The number of non-ortho nitro benzene ring substituents is 1. The van der Waals surface area contributed by atoms with Crippen LogP contribution in [0.3, 0.4) is 0 Å². The molecule has 0 unspecified atom stereocenters. The topological polar surface area (TPSA) is 101 Å². The summed E-state index contributed by atoms with van der Waals surface area (Å²) in [5.74, 6) is -0.278. The van der Waals surface area contributed by atoms with Crippen LogP contribution >= 0.6 is 0 Å². The van der Waals surface area contributed by atoms with Crippen molar-refractivity contribution in [3.05, 3.63) is 64.2 Å². The summed E-state index contributed by atoms with van der Waals surface area (Å²) in [6.07, 6.45) is 0.856. The van der Waals surface area contributed by atoms with Gasteiger partial charge in [0.05, 0.1) is 34.2 Å². The van der Waals surface area contributed by atoms with Crippen LogP contribution in [0, 0.1) is 10.1 Å². The van der Waals surface area contributed by atoms with Crippen molar-refractivity contribution in [1.82, 2.24) is 0 Å². The number of nitro benzene ring substituents is 1. The predicted molar refractivity (Wildman–Crippen MR) is 106 cm³/mol. The number of anilines is 2. The molecule has 0 aromatic heterocycles. The second-order valence-electron chi connectivity index (χ2n) is 7.03. The van der Waals surface area contributed by atoms with Crippen molar-refractivity contribution in [2.45, 2.75) is 25.4 Å². The van der Waals surface area contributed by atoms with E-state index in [9.17, 15) is 23.3 Å². The van der Waals surface area contributed by atoms with E-state index in [1.54, 1.807) is 6.07 Å². The SMILES string of the molecule is CCc1ccc(N2C(=O)N(c3cccc([N+](=O)[O-])c3)[C@H]3CS(=O)(=O)C[C@H]32)cc1. The number of hydrogen-bond acceptors (Lipinski definition) is 5. The Bertz CT molecular complexity index is 1050. The van der Waals surface area contributed by atoms with Gasteiger partial charge in [-0.3, -0.25) is 19.9 Å². The molecule has 28 heavy (non-hydrogen) atoms. The number of nitro groups is 1. The van der Waals surface area contributed by atoms with Crippen LogP contribution < -0.4 is 9.80 Å². The number of rotatable bonds is 4. The van der Waals surface area contributed by atoms with Crippen molar-refractivity contribution in [3.63, 3.8) is 0 Å². The van der Waals surface area contributed by atoms with Gasteiger partial charge in [0.15, 0.2) is 9.84 Å². The molecule has 8 nitrogen and oxygen atoms in total. The van der Waals surface area contributed by atoms with Crippen LogP contribution in [0.1, 0.15) is 12.5 Å². The maximum Gasteiger partial charge on any atom is 0.329 e. The lowest BCUT2D eigenvalue weighted by atomic mass is 10.1. The number of urea groups is 1. The van der Waals surface area contributed by atoms with Crippen LogP contribution in [0.5, 0.6) is 0 Å². The lowest BCUT2D eigenvalue weighted by Gasteiger charge is -2.22. The molecule has 0 aliphatic carbocycles. The molecule has 2 amide bonds. The van der Waals surface area contributed by atoms with Gasteiger partial charge in [-0.25, -0.2) is 13.2 Å². The molecule has 2 aromatic carbocycles. The van der Waals surface area contributed by atoms with Gasteiger partial charge in [0.25, 0.3) is 5.69 Å². The van der Waals surface area contributed by atoms with Crippen LogP contribution in [-0.2, 0) is 16.3 Å². The largest absolute Gasteiger partial charge is 0.329 e. The molecule has 2 atom stereocenters. The Balaban J connectivity index is 1.78. The van der Waals surface area contributed by atoms with Crippen molar-refractivity contribution < 1.29 is 18.1 Å². The van der Waals surface area contributed by atoms with Crippen LogP contribution in [-0.4, -0.2) is 43.0 Å². The highest BCUT2D eigenvalue weighted by molar-refractivity contribution is 7.91. The first-order valence-corrected chi connectivity index (χ1v) is 10.8. The Labute approximate surface area is 162 Å². The summed E-state index contributed by atoms with van der Waals surface area (Å²) < 4.78 is 24.6. The lowest BCUT2D eigenvalue weighted by molar-refractivity contribution is -0.384. The minimum atomic E-state index is -3.32. The molecular weight excluding hydrogens is 382 g/mol. The third-order valence-electron chi connectivity index (χ3n) is 5.31. The van der Waals surface area contributed by atoms with Gasteiger partial charge in [-0.15, -0.1) is 0 Å². The van der Waals surface area contributed by atoms with Gasteiger partial charge < -0.3 is 0 Å². The van der Waals surface area contributed by atoms with Crippen molar-refractivity contribution in [3.8, 4) is 0 Å². The lowest BCUT2D eigenvalue weighted by Crippen LogP contribution is -2.37. The Morgan fingerprint density at radius 3 is 2.21 bits per heavy atom. The van der Waals surface area contributed by atoms with Crippen LogP contribution in [0.15, 0.2) is 48.5 Å². The summed E-state index contributed by atoms with van der Waals surface area (Å²) in [5, 5.41) is 11.1. The molecular formula is C19H19N3O5S. The smallest absolute Gasteiger partial charge is 0.288 e. The molecule has 0 saturated carbocycles. The number of amides is 2. The first-order chi connectivity index (χ1) is 13.3. The van der Waals surface area contributed by atoms with E-state index >= 15 is 0 Å². The average Bonchev–Trinajstić information content (AvgIpc) is 3.10. The maximum atomic E-state index is 13.3. The summed E-state index contributed by atoms with van der Waals surface area (Å²) in [5.41, 5.74) is 1.93. The Hall–Kier alpha value is -2.94. The Morgan fingerprint density at radius 1 is 1.04 bits per heavy atom. The van der Waals surface area contributed by atoms with Crippen LogP contribution in [0.2, 0.25) is 0 Å². The average molecular weight is 401 g/mol. The maximum absolute atomic E-state index is 13.3. The number of benzene rings is 2. The second kappa shape index (κ2) is 6.59. The first-order valence-electron chi connectivity index (χ1n) is 8.97. The Kier molecular flexibility index (Phi) is 4.34. The fourth-order valence-corrected chi connectivity index (χ4v) is 5.88. The van der Waals surface area contributed by atoms with Crippen LogP contribution in [0.25, 0.3) is 0 Å². The molecule has 0 radical (unpaired) electrons. The summed E-state index contributed by atoms with van der Waals surface area (Å²) >= 11 is 0. The molecule has 0 bridgehead atoms. The molecule has 146 valence electrons. The minimum Gasteiger partial charge on any atom is -0.288 e. The van der Waals surface area contributed by atoms with Crippen molar-refractivity contribution in [2.24, 2.45) is 0 Å². The Morgan fingerprint density at radius 2 is 1.64 bits per heavy atom. The molecule has 2 aromatic rings. The molecule has 4 rings (SSSR count). The second-order valence-corrected chi connectivity index (χ2v) is 9.18. The van der Waals surface area contributed by atoms with E-state index in [0.717, 1.165) is 12.0 Å². The fourth-order valence-electron chi connectivity index (χ4n) is 3.96. The normalized spacial score (nSPS) is 23.1.